The Hall–Kier alpha value is -3.51. The number of allylic oxidation sites excluding steroid dienone is 1. The van der Waals surface area contributed by atoms with Gasteiger partial charge < -0.3 is 14.5 Å². The number of hydrogen-bond acceptors (Lipinski definition) is 4. The summed E-state index contributed by atoms with van der Waals surface area (Å²) in [5.41, 5.74) is 2.61. The van der Waals surface area contributed by atoms with Crippen LogP contribution in [-0.4, -0.2) is 51.0 Å². The minimum atomic E-state index is -0.474. The van der Waals surface area contributed by atoms with Gasteiger partial charge in [-0.3, -0.25) is 4.79 Å². The first-order chi connectivity index (χ1) is 16.0. The molecule has 170 valence electrons. The number of halogens is 2. The van der Waals surface area contributed by atoms with Crippen LogP contribution in [0.15, 0.2) is 66.7 Å². The Kier molecular flexibility index (Phi) is 6.84. The Labute approximate surface area is 192 Å². The minimum Gasteiger partial charge on any atom is -0.497 e. The largest absolute Gasteiger partial charge is 0.497 e. The van der Waals surface area contributed by atoms with E-state index in [1.807, 2.05) is 12.1 Å². The van der Waals surface area contributed by atoms with Crippen molar-refractivity contribution < 1.29 is 18.3 Å². The summed E-state index contributed by atoms with van der Waals surface area (Å²) in [6.45, 7) is 3.34. The Morgan fingerprint density at radius 3 is 2.39 bits per heavy atom. The van der Waals surface area contributed by atoms with Crippen LogP contribution in [0.5, 0.6) is 5.75 Å². The number of ether oxygens (including phenoxy) is 1. The van der Waals surface area contributed by atoms with Crippen LogP contribution in [-0.2, 0) is 0 Å². The fourth-order valence-electron chi connectivity index (χ4n) is 3.94. The molecule has 0 radical (unpaired) electrons. The predicted octanol–water partition coefficient (Wildman–Crippen LogP) is 5.29. The van der Waals surface area contributed by atoms with Gasteiger partial charge in [-0.1, -0.05) is 24.3 Å². The van der Waals surface area contributed by atoms with Crippen LogP contribution in [0.4, 0.5) is 14.5 Å². The fraction of sp³-hybridized carbons (Fsp3) is 0.222. The van der Waals surface area contributed by atoms with E-state index >= 15 is 0 Å². The number of ketones is 1. The number of rotatable bonds is 6. The summed E-state index contributed by atoms with van der Waals surface area (Å²) in [7, 11) is 3.53. The first-order valence-corrected chi connectivity index (χ1v) is 10.8. The monoisotopic (exact) mass is 448 g/mol. The van der Waals surface area contributed by atoms with Crippen molar-refractivity contribution in [2.24, 2.45) is 0 Å². The molecule has 0 N–H and O–H groups in total. The first kappa shape index (κ1) is 22.7. The summed E-state index contributed by atoms with van der Waals surface area (Å²) in [5, 5.41) is 0. The van der Waals surface area contributed by atoms with Crippen molar-refractivity contribution in [3.8, 4) is 16.9 Å². The average Bonchev–Trinajstić information content (AvgIpc) is 2.83. The fourth-order valence-corrected chi connectivity index (χ4v) is 3.94. The lowest BCUT2D eigenvalue weighted by molar-refractivity contribution is 0.104. The lowest BCUT2D eigenvalue weighted by Gasteiger charge is -2.35. The predicted molar refractivity (Wildman–Crippen MR) is 128 cm³/mol. The second-order valence-corrected chi connectivity index (χ2v) is 8.09. The number of piperazine rings is 1. The van der Waals surface area contributed by atoms with Crippen LogP contribution < -0.4 is 9.64 Å². The molecular weight excluding hydrogens is 422 g/mol. The number of likely N-dealkylation sites (N-methyl/N-ethyl adjacent to an activating group) is 1. The van der Waals surface area contributed by atoms with E-state index < -0.39 is 5.82 Å². The molecule has 0 aliphatic carbocycles. The van der Waals surface area contributed by atoms with E-state index in [9.17, 15) is 13.6 Å². The maximum Gasteiger partial charge on any atom is 0.187 e. The molecule has 1 aliphatic heterocycles. The Bertz CT molecular complexity index is 1180. The van der Waals surface area contributed by atoms with E-state index in [4.69, 9.17) is 4.74 Å². The van der Waals surface area contributed by atoms with Crippen molar-refractivity contribution in [1.82, 2.24) is 4.90 Å². The van der Waals surface area contributed by atoms with Gasteiger partial charge in [0.25, 0.3) is 0 Å². The van der Waals surface area contributed by atoms with Gasteiger partial charge in [-0.05, 0) is 55.1 Å². The summed E-state index contributed by atoms with van der Waals surface area (Å²) >= 11 is 0. The van der Waals surface area contributed by atoms with Gasteiger partial charge in [0.15, 0.2) is 5.78 Å². The normalized spacial score (nSPS) is 14.6. The van der Waals surface area contributed by atoms with Crippen LogP contribution in [0.1, 0.15) is 15.9 Å². The van der Waals surface area contributed by atoms with Gasteiger partial charge in [0, 0.05) is 54.6 Å². The van der Waals surface area contributed by atoms with Crippen LogP contribution in [0.3, 0.4) is 0 Å². The number of methoxy groups -OCH3 is 1. The number of anilines is 1. The maximum absolute atomic E-state index is 14.4. The third kappa shape index (κ3) is 5.12. The van der Waals surface area contributed by atoms with E-state index in [1.54, 1.807) is 36.4 Å². The van der Waals surface area contributed by atoms with Crippen molar-refractivity contribution in [2.75, 3.05) is 45.2 Å². The third-order valence-corrected chi connectivity index (χ3v) is 5.91. The molecule has 0 spiro atoms. The molecule has 1 heterocycles. The molecule has 1 fully saturated rings. The molecule has 0 aromatic heterocycles. The highest BCUT2D eigenvalue weighted by atomic mass is 19.1. The number of benzene rings is 3. The topological polar surface area (TPSA) is 32.8 Å². The lowest BCUT2D eigenvalue weighted by Crippen LogP contribution is -2.45. The first-order valence-electron chi connectivity index (χ1n) is 10.8. The number of hydrogen-bond donors (Lipinski definition) is 0. The summed E-state index contributed by atoms with van der Waals surface area (Å²) in [5.74, 6) is -0.680. The van der Waals surface area contributed by atoms with Gasteiger partial charge in [0.1, 0.15) is 17.4 Å². The Balaban J connectivity index is 1.71. The average molecular weight is 449 g/mol. The quantitative estimate of drug-likeness (QED) is 0.379. The molecule has 4 nitrogen and oxygen atoms in total. The SMILES string of the molecule is COc1ccc(C=CC(=O)c2cc(-c3ccccc3F)ccc2N2CCN(C)CC2)c(F)c1. The molecule has 4 rings (SSSR count). The van der Waals surface area contributed by atoms with Crippen molar-refractivity contribution >= 4 is 17.5 Å². The molecular formula is C27H26F2N2O2. The Morgan fingerprint density at radius 1 is 0.939 bits per heavy atom. The zero-order valence-corrected chi connectivity index (χ0v) is 18.7. The molecule has 6 heteroatoms. The van der Waals surface area contributed by atoms with Gasteiger partial charge in [0.05, 0.1) is 7.11 Å². The van der Waals surface area contributed by atoms with E-state index in [0.717, 1.165) is 31.9 Å². The van der Waals surface area contributed by atoms with Gasteiger partial charge in [-0.25, -0.2) is 8.78 Å². The maximum atomic E-state index is 14.4. The third-order valence-electron chi connectivity index (χ3n) is 5.91. The summed E-state index contributed by atoms with van der Waals surface area (Å²) < 4.78 is 33.8. The molecule has 0 amide bonds. The van der Waals surface area contributed by atoms with E-state index in [0.29, 0.717) is 22.4 Å². The highest BCUT2D eigenvalue weighted by Gasteiger charge is 2.20. The molecule has 33 heavy (non-hydrogen) atoms. The second kappa shape index (κ2) is 9.96. The van der Waals surface area contributed by atoms with Gasteiger partial charge in [-0.2, -0.15) is 0 Å². The highest BCUT2D eigenvalue weighted by Crippen LogP contribution is 2.30. The molecule has 1 aliphatic rings. The number of carbonyl (C=O) groups excluding carboxylic acids is 1. The van der Waals surface area contributed by atoms with E-state index in [-0.39, 0.29) is 17.2 Å². The zero-order valence-electron chi connectivity index (χ0n) is 18.7. The summed E-state index contributed by atoms with van der Waals surface area (Å²) in [4.78, 5) is 17.7. The smallest absolute Gasteiger partial charge is 0.187 e. The van der Waals surface area contributed by atoms with Crippen LogP contribution >= 0.6 is 0 Å². The second-order valence-electron chi connectivity index (χ2n) is 8.09. The number of carbonyl (C=O) groups is 1. The van der Waals surface area contributed by atoms with Crippen LogP contribution in [0.25, 0.3) is 17.2 Å². The standard InChI is InChI=1S/C27H26F2N2O2/c1-30-13-15-31(16-14-30)26-11-8-20(22-5-3-4-6-24(22)28)17-23(26)27(32)12-9-19-7-10-21(33-2)18-25(19)29/h3-12,17-18H,13-16H2,1-2H3. The molecule has 0 unspecified atom stereocenters. The van der Waals surface area contributed by atoms with Gasteiger partial charge in [-0.15, -0.1) is 0 Å². The molecule has 0 atom stereocenters. The Morgan fingerprint density at radius 2 is 1.70 bits per heavy atom. The molecule has 3 aromatic rings. The van der Waals surface area contributed by atoms with Gasteiger partial charge in [0.2, 0.25) is 0 Å². The van der Waals surface area contributed by atoms with E-state index in [1.165, 1.54) is 31.4 Å². The molecule has 0 saturated carbocycles. The van der Waals surface area contributed by atoms with E-state index in [2.05, 4.69) is 16.8 Å². The van der Waals surface area contributed by atoms with Crippen LogP contribution in [0.2, 0.25) is 0 Å². The van der Waals surface area contributed by atoms with Crippen molar-refractivity contribution in [1.29, 1.82) is 0 Å². The lowest BCUT2D eigenvalue weighted by atomic mass is 9.98. The summed E-state index contributed by atoms with van der Waals surface area (Å²) in [6.07, 6.45) is 2.82. The number of nitrogens with zero attached hydrogens (tertiary/aromatic N) is 2. The zero-order chi connectivity index (χ0) is 23.4. The molecule has 3 aromatic carbocycles. The highest BCUT2D eigenvalue weighted by molar-refractivity contribution is 6.11. The van der Waals surface area contributed by atoms with Gasteiger partial charge >= 0.3 is 0 Å². The van der Waals surface area contributed by atoms with Crippen LogP contribution in [0, 0.1) is 11.6 Å². The minimum absolute atomic E-state index is 0.266. The molecule has 0 bridgehead atoms. The van der Waals surface area contributed by atoms with Crippen molar-refractivity contribution in [3.05, 3.63) is 89.5 Å². The molecule has 1 saturated heterocycles. The summed E-state index contributed by atoms with van der Waals surface area (Å²) in [6, 6.07) is 16.4. The van der Waals surface area contributed by atoms with Crippen molar-refractivity contribution in [3.63, 3.8) is 0 Å². The van der Waals surface area contributed by atoms with Crippen molar-refractivity contribution in [2.45, 2.75) is 0 Å².